The van der Waals surface area contributed by atoms with E-state index in [-0.39, 0.29) is 0 Å². The third-order valence-electron chi connectivity index (χ3n) is 4.57. The van der Waals surface area contributed by atoms with Crippen molar-refractivity contribution in [2.24, 2.45) is 11.7 Å². The van der Waals surface area contributed by atoms with E-state index in [1.807, 2.05) is 0 Å². The maximum Gasteiger partial charge on any atom is 0.0579 e. The van der Waals surface area contributed by atoms with E-state index in [4.69, 9.17) is 10.8 Å². The van der Waals surface area contributed by atoms with Gasteiger partial charge in [0.15, 0.2) is 0 Å². The number of piperidine rings is 1. The summed E-state index contributed by atoms with van der Waals surface area (Å²) in [6.07, 6.45) is 10.9. The van der Waals surface area contributed by atoms with Gasteiger partial charge in [0.1, 0.15) is 0 Å². The lowest BCUT2D eigenvalue weighted by Gasteiger charge is -2.35. The minimum atomic E-state index is 0.332. The molecule has 0 aromatic carbocycles. The summed E-state index contributed by atoms with van der Waals surface area (Å²) in [4.78, 5) is 0. The topological polar surface area (TPSA) is 70.3 Å². The summed E-state index contributed by atoms with van der Waals surface area (Å²) in [5, 5.41) is 16.1. The largest absolute Gasteiger partial charge is 0.396 e. The molecule has 0 spiro atoms. The number of nitrogens with one attached hydrogen (secondary N) is 2. The number of unbranched alkanes of at least 4 members (excludes halogenated alkanes) is 1. The molecule has 5 N–H and O–H groups in total. The zero-order valence-electron chi connectivity index (χ0n) is 12.0. The molecule has 2 atom stereocenters. The van der Waals surface area contributed by atoms with Crippen LogP contribution in [0.3, 0.4) is 0 Å². The van der Waals surface area contributed by atoms with Crippen LogP contribution in [0.5, 0.6) is 0 Å². The normalized spacial score (nSPS) is 36.3. The predicted octanol–water partition coefficient (Wildman–Crippen LogP) is 1.50. The third-order valence-corrected chi connectivity index (χ3v) is 4.57. The molecule has 111 valence electrons. The van der Waals surface area contributed by atoms with Gasteiger partial charge in [-0.2, -0.15) is 0 Å². The lowest BCUT2D eigenvalue weighted by molar-refractivity contribution is 0.227. The molecular formula is C15H30N3O. The number of aliphatic hydroxyl groups excluding tert-OH is 1. The number of aliphatic hydroxyl groups is 1. The second-order valence-corrected chi connectivity index (χ2v) is 6.26. The van der Waals surface area contributed by atoms with Crippen molar-refractivity contribution in [2.45, 2.75) is 76.0 Å². The number of hydrogen-bond acceptors (Lipinski definition) is 4. The van der Waals surface area contributed by atoms with Crippen LogP contribution in [0.4, 0.5) is 0 Å². The minimum absolute atomic E-state index is 0.332. The average molecular weight is 268 g/mol. The molecule has 2 fully saturated rings. The van der Waals surface area contributed by atoms with Crippen LogP contribution in [-0.4, -0.2) is 30.0 Å². The fourth-order valence-corrected chi connectivity index (χ4v) is 3.34. The van der Waals surface area contributed by atoms with Crippen LogP contribution in [0.25, 0.3) is 0 Å². The zero-order valence-corrected chi connectivity index (χ0v) is 12.0. The van der Waals surface area contributed by atoms with Gasteiger partial charge in [0, 0.05) is 25.2 Å². The van der Waals surface area contributed by atoms with E-state index in [9.17, 15) is 0 Å². The second-order valence-electron chi connectivity index (χ2n) is 6.26. The first kappa shape index (κ1) is 15.2. The Labute approximate surface area is 117 Å². The lowest BCUT2D eigenvalue weighted by Crippen LogP contribution is -2.51. The van der Waals surface area contributed by atoms with Crippen LogP contribution < -0.4 is 16.4 Å². The summed E-state index contributed by atoms with van der Waals surface area (Å²) >= 11 is 0. The van der Waals surface area contributed by atoms with E-state index in [2.05, 4.69) is 17.2 Å². The Morgan fingerprint density at radius 2 is 2.00 bits per heavy atom. The van der Waals surface area contributed by atoms with Gasteiger partial charge in [-0.15, -0.1) is 0 Å². The number of nitrogens with two attached hydrogens (primary N) is 1. The molecule has 2 unspecified atom stereocenters. The quantitative estimate of drug-likeness (QED) is 0.551. The molecule has 4 nitrogen and oxygen atoms in total. The molecule has 0 amide bonds. The molecule has 1 aliphatic carbocycles. The van der Waals surface area contributed by atoms with Crippen molar-refractivity contribution in [1.82, 2.24) is 10.6 Å². The molecule has 1 heterocycles. The summed E-state index contributed by atoms with van der Waals surface area (Å²) < 4.78 is 0. The standard InChI is InChI=1S/C15H30N3O/c16-13-4-6-14(7-5-13)18-15-11-12(8-9-17-15)3-1-2-10-19/h9,12-15,17-19H,1-8,10-11,16H2. The molecule has 0 aromatic heterocycles. The highest BCUT2D eigenvalue weighted by Crippen LogP contribution is 2.24. The van der Waals surface area contributed by atoms with E-state index in [0.717, 1.165) is 31.6 Å². The van der Waals surface area contributed by atoms with E-state index >= 15 is 0 Å². The van der Waals surface area contributed by atoms with Gasteiger partial charge in [-0.25, -0.2) is 0 Å². The number of rotatable bonds is 6. The first-order chi connectivity index (χ1) is 9.28. The van der Waals surface area contributed by atoms with Gasteiger partial charge in [0.25, 0.3) is 0 Å². The molecule has 19 heavy (non-hydrogen) atoms. The van der Waals surface area contributed by atoms with Gasteiger partial charge >= 0.3 is 0 Å². The highest BCUT2D eigenvalue weighted by Gasteiger charge is 2.25. The molecule has 1 radical (unpaired) electrons. The monoisotopic (exact) mass is 268 g/mol. The fourth-order valence-electron chi connectivity index (χ4n) is 3.34. The van der Waals surface area contributed by atoms with Crippen LogP contribution in [0.1, 0.15) is 57.8 Å². The fraction of sp³-hybridized carbons (Fsp3) is 0.933. The molecule has 1 saturated carbocycles. The Bertz CT molecular complexity index is 242. The predicted molar refractivity (Wildman–Crippen MR) is 78.3 cm³/mol. The van der Waals surface area contributed by atoms with Gasteiger partial charge in [0.05, 0.1) is 6.17 Å². The number of hydrogen-bond donors (Lipinski definition) is 4. The van der Waals surface area contributed by atoms with Gasteiger partial charge in [-0.05, 0) is 50.9 Å². The molecule has 2 aliphatic rings. The maximum absolute atomic E-state index is 8.84. The summed E-state index contributed by atoms with van der Waals surface area (Å²) in [5.74, 6) is 0.774. The average Bonchev–Trinajstić information content (AvgIpc) is 2.42. The summed E-state index contributed by atoms with van der Waals surface area (Å²) in [6, 6.07) is 1.07. The Kier molecular flexibility index (Phi) is 6.57. The van der Waals surface area contributed by atoms with Crippen LogP contribution in [0.15, 0.2) is 0 Å². The van der Waals surface area contributed by atoms with Crippen LogP contribution in [0.2, 0.25) is 0 Å². The Hall–Kier alpha value is -0.160. The lowest BCUT2D eigenvalue weighted by atomic mass is 9.88. The first-order valence-electron chi connectivity index (χ1n) is 7.98. The van der Waals surface area contributed by atoms with E-state index in [1.54, 1.807) is 0 Å². The summed E-state index contributed by atoms with van der Waals surface area (Å²) in [7, 11) is 0. The van der Waals surface area contributed by atoms with Gasteiger partial charge < -0.3 is 10.8 Å². The van der Waals surface area contributed by atoms with Gasteiger partial charge in [0.2, 0.25) is 0 Å². The van der Waals surface area contributed by atoms with Crippen LogP contribution in [-0.2, 0) is 0 Å². The van der Waals surface area contributed by atoms with Crippen molar-refractivity contribution in [2.75, 3.05) is 6.61 Å². The molecule has 4 heteroatoms. The highest BCUT2D eigenvalue weighted by atomic mass is 16.2. The second kappa shape index (κ2) is 8.20. The summed E-state index contributed by atoms with van der Waals surface area (Å²) in [6.45, 7) is 2.55. The zero-order chi connectivity index (χ0) is 13.5. The molecular weight excluding hydrogens is 238 g/mol. The molecule has 2 rings (SSSR count). The van der Waals surface area contributed by atoms with Gasteiger partial charge in [-0.1, -0.05) is 12.8 Å². The molecule has 1 saturated heterocycles. The van der Waals surface area contributed by atoms with E-state index in [0.29, 0.717) is 24.9 Å². The Morgan fingerprint density at radius 1 is 1.21 bits per heavy atom. The SMILES string of the molecule is NC1CCC(NC2CC(CCCCO)C[CH]N2)CC1. The van der Waals surface area contributed by atoms with E-state index in [1.165, 1.54) is 32.1 Å². The minimum Gasteiger partial charge on any atom is -0.396 e. The third kappa shape index (κ3) is 5.38. The molecule has 0 aromatic rings. The Balaban J connectivity index is 1.66. The van der Waals surface area contributed by atoms with E-state index < -0.39 is 0 Å². The Morgan fingerprint density at radius 3 is 2.74 bits per heavy atom. The van der Waals surface area contributed by atoms with Crippen LogP contribution in [0, 0.1) is 12.5 Å². The smallest absolute Gasteiger partial charge is 0.0579 e. The van der Waals surface area contributed by atoms with Crippen molar-refractivity contribution in [3.05, 3.63) is 6.54 Å². The van der Waals surface area contributed by atoms with Crippen molar-refractivity contribution < 1.29 is 5.11 Å². The van der Waals surface area contributed by atoms with Crippen molar-refractivity contribution in [3.8, 4) is 0 Å². The highest BCUT2D eigenvalue weighted by molar-refractivity contribution is 4.87. The summed E-state index contributed by atoms with van der Waals surface area (Å²) in [5.41, 5.74) is 5.95. The van der Waals surface area contributed by atoms with Gasteiger partial charge in [-0.3, -0.25) is 10.6 Å². The van der Waals surface area contributed by atoms with Crippen molar-refractivity contribution >= 4 is 0 Å². The maximum atomic E-state index is 8.84. The molecule has 0 bridgehead atoms. The van der Waals surface area contributed by atoms with Crippen molar-refractivity contribution in [1.29, 1.82) is 0 Å². The van der Waals surface area contributed by atoms with Crippen molar-refractivity contribution in [3.63, 3.8) is 0 Å². The van der Waals surface area contributed by atoms with Crippen LogP contribution >= 0.6 is 0 Å². The molecule has 1 aliphatic heterocycles. The first-order valence-corrected chi connectivity index (χ1v) is 7.98.